The van der Waals surface area contributed by atoms with E-state index in [0.717, 1.165) is 35.4 Å². The number of hydrogen-bond donors (Lipinski definition) is 2. The first-order valence-corrected chi connectivity index (χ1v) is 7.03. The maximum absolute atomic E-state index is 8.99. The van der Waals surface area contributed by atoms with Crippen LogP contribution in [0.1, 0.15) is 26.6 Å². The summed E-state index contributed by atoms with van der Waals surface area (Å²) in [6.45, 7) is 7.21. The Morgan fingerprint density at radius 3 is 2.76 bits per heavy atom. The van der Waals surface area contributed by atoms with Gasteiger partial charge in [-0.2, -0.15) is 0 Å². The van der Waals surface area contributed by atoms with E-state index < -0.39 is 0 Å². The third-order valence-electron chi connectivity index (χ3n) is 2.25. The molecular formula is C12H21N3OS. The van der Waals surface area contributed by atoms with Crippen molar-refractivity contribution < 1.29 is 5.11 Å². The van der Waals surface area contributed by atoms with Crippen molar-refractivity contribution in [2.24, 2.45) is 5.92 Å². The van der Waals surface area contributed by atoms with E-state index in [1.807, 2.05) is 19.9 Å². The molecular weight excluding hydrogens is 234 g/mol. The first-order chi connectivity index (χ1) is 8.19. The molecule has 96 valence electrons. The van der Waals surface area contributed by atoms with Gasteiger partial charge in [-0.15, -0.1) is 11.8 Å². The average Bonchev–Trinajstić information content (AvgIpc) is 2.36. The van der Waals surface area contributed by atoms with Crippen molar-refractivity contribution >= 4 is 17.6 Å². The van der Waals surface area contributed by atoms with Crippen molar-refractivity contribution in [1.82, 2.24) is 9.97 Å². The third kappa shape index (κ3) is 4.91. The number of anilines is 1. The number of nitrogens with one attached hydrogen (secondary N) is 1. The Bertz CT molecular complexity index is 347. The van der Waals surface area contributed by atoms with Crippen LogP contribution in [0.2, 0.25) is 0 Å². The summed E-state index contributed by atoms with van der Waals surface area (Å²) in [5.41, 5.74) is 0. The summed E-state index contributed by atoms with van der Waals surface area (Å²) in [5, 5.41) is 13.2. The van der Waals surface area contributed by atoms with E-state index in [0.29, 0.717) is 5.92 Å². The summed E-state index contributed by atoms with van der Waals surface area (Å²) in [6, 6.07) is 1.97. The van der Waals surface area contributed by atoms with E-state index in [4.69, 9.17) is 5.11 Å². The standard InChI is InChI=1S/C12H21N3OS/c1-4-10-14-11(13-5-2)6-12(15-10)17-8-9(3)7-16/h6,9,16H,4-5,7-8H2,1-3H3,(H,13,14,15). The molecule has 0 amide bonds. The Morgan fingerprint density at radius 2 is 2.18 bits per heavy atom. The highest BCUT2D eigenvalue weighted by atomic mass is 32.2. The molecule has 0 aliphatic rings. The van der Waals surface area contributed by atoms with Crippen LogP contribution in [0, 0.1) is 5.92 Å². The van der Waals surface area contributed by atoms with Gasteiger partial charge in [0.2, 0.25) is 0 Å². The highest BCUT2D eigenvalue weighted by Crippen LogP contribution is 2.21. The van der Waals surface area contributed by atoms with Gasteiger partial charge < -0.3 is 10.4 Å². The van der Waals surface area contributed by atoms with Crippen molar-refractivity contribution in [2.75, 3.05) is 24.2 Å². The summed E-state index contributed by atoms with van der Waals surface area (Å²) in [5.74, 6) is 2.92. The van der Waals surface area contributed by atoms with Gasteiger partial charge in [-0.1, -0.05) is 13.8 Å². The summed E-state index contributed by atoms with van der Waals surface area (Å²) in [6.07, 6.45) is 0.836. The minimum absolute atomic E-state index is 0.221. The van der Waals surface area contributed by atoms with Crippen LogP contribution in [-0.4, -0.2) is 34.0 Å². The number of thioether (sulfide) groups is 1. The lowest BCUT2D eigenvalue weighted by Gasteiger charge is -2.09. The lowest BCUT2D eigenvalue weighted by molar-refractivity contribution is 0.250. The fourth-order valence-electron chi connectivity index (χ4n) is 1.26. The molecule has 0 bridgehead atoms. The fourth-order valence-corrected chi connectivity index (χ4v) is 2.18. The normalized spacial score (nSPS) is 12.5. The summed E-state index contributed by atoms with van der Waals surface area (Å²) in [4.78, 5) is 8.87. The lowest BCUT2D eigenvalue weighted by atomic mass is 10.2. The van der Waals surface area contributed by atoms with Crippen LogP contribution in [0.15, 0.2) is 11.1 Å². The van der Waals surface area contributed by atoms with Gasteiger partial charge in [0, 0.05) is 31.4 Å². The molecule has 2 N–H and O–H groups in total. The lowest BCUT2D eigenvalue weighted by Crippen LogP contribution is -2.06. The Hall–Kier alpha value is -0.810. The molecule has 17 heavy (non-hydrogen) atoms. The molecule has 0 spiro atoms. The van der Waals surface area contributed by atoms with Crippen LogP contribution in [0.5, 0.6) is 0 Å². The predicted octanol–water partition coefficient (Wildman–Crippen LogP) is 2.19. The van der Waals surface area contributed by atoms with Crippen molar-refractivity contribution in [3.05, 3.63) is 11.9 Å². The number of aryl methyl sites for hydroxylation is 1. The monoisotopic (exact) mass is 255 g/mol. The van der Waals surface area contributed by atoms with E-state index in [9.17, 15) is 0 Å². The smallest absolute Gasteiger partial charge is 0.131 e. The second kappa shape index (κ2) is 7.50. The SMILES string of the molecule is CCNc1cc(SCC(C)CO)nc(CC)n1. The predicted molar refractivity (Wildman–Crippen MR) is 72.5 cm³/mol. The summed E-state index contributed by atoms with van der Waals surface area (Å²) < 4.78 is 0. The molecule has 0 aliphatic carbocycles. The Kier molecular flexibility index (Phi) is 6.29. The quantitative estimate of drug-likeness (QED) is 0.578. The van der Waals surface area contributed by atoms with Crippen LogP contribution in [0.25, 0.3) is 0 Å². The van der Waals surface area contributed by atoms with Gasteiger partial charge in [-0.05, 0) is 12.8 Å². The number of rotatable bonds is 7. The van der Waals surface area contributed by atoms with E-state index >= 15 is 0 Å². The van der Waals surface area contributed by atoms with Crippen LogP contribution in [0.4, 0.5) is 5.82 Å². The van der Waals surface area contributed by atoms with Gasteiger partial charge in [0.1, 0.15) is 16.7 Å². The molecule has 0 saturated heterocycles. The van der Waals surface area contributed by atoms with E-state index in [2.05, 4.69) is 22.2 Å². The minimum atomic E-state index is 0.221. The first-order valence-electron chi connectivity index (χ1n) is 6.05. The largest absolute Gasteiger partial charge is 0.396 e. The maximum Gasteiger partial charge on any atom is 0.131 e. The highest BCUT2D eigenvalue weighted by molar-refractivity contribution is 7.99. The van der Waals surface area contributed by atoms with Gasteiger partial charge in [0.15, 0.2) is 0 Å². The molecule has 4 nitrogen and oxygen atoms in total. The average molecular weight is 255 g/mol. The Balaban J connectivity index is 2.72. The number of aliphatic hydroxyl groups excluding tert-OH is 1. The van der Waals surface area contributed by atoms with Crippen LogP contribution < -0.4 is 5.32 Å². The van der Waals surface area contributed by atoms with E-state index in [1.165, 1.54) is 0 Å². The molecule has 0 saturated carbocycles. The molecule has 5 heteroatoms. The Labute approximate surface area is 107 Å². The van der Waals surface area contributed by atoms with Gasteiger partial charge in [0.25, 0.3) is 0 Å². The van der Waals surface area contributed by atoms with Crippen LogP contribution in [0.3, 0.4) is 0 Å². The summed E-state index contributed by atoms with van der Waals surface area (Å²) >= 11 is 1.67. The third-order valence-corrected chi connectivity index (χ3v) is 3.49. The second-order valence-electron chi connectivity index (χ2n) is 3.99. The number of nitrogens with zero attached hydrogens (tertiary/aromatic N) is 2. The molecule has 0 fully saturated rings. The molecule has 1 atom stereocenters. The zero-order valence-electron chi connectivity index (χ0n) is 10.7. The van der Waals surface area contributed by atoms with Crippen molar-refractivity contribution in [1.29, 1.82) is 0 Å². The second-order valence-corrected chi connectivity index (χ2v) is 5.03. The molecule has 1 aromatic rings. The van der Waals surface area contributed by atoms with Crippen LogP contribution >= 0.6 is 11.8 Å². The molecule has 1 heterocycles. The molecule has 1 unspecified atom stereocenters. The zero-order valence-corrected chi connectivity index (χ0v) is 11.5. The highest BCUT2D eigenvalue weighted by Gasteiger charge is 2.06. The van der Waals surface area contributed by atoms with Gasteiger partial charge in [-0.3, -0.25) is 0 Å². The first kappa shape index (κ1) is 14.3. The van der Waals surface area contributed by atoms with Gasteiger partial charge in [-0.25, -0.2) is 9.97 Å². The number of aliphatic hydroxyl groups is 1. The van der Waals surface area contributed by atoms with E-state index in [1.54, 1.807) is 11.8 Å². The van der Waals surface area contributed by atoms with E-state index in [-0.39, 0.29) is 6.61 Å². The maximum atomic E-state index is 8.99. The number of hydrogen-bond acceptors (Lipinski definition) is 5. The molecule has 0 aliphatic heterocycles. The zero-order chi connectivity index (χ0) is 12.7. The molecule has 1 rings (SSSR count). The van der Waals surface area contributed by atoms with Crippen molar-refractivity contribution in [3.63, 3.8) is 0 Å². The summed E-state index contributed by atoms with van der Waals surface area (Å²) in [7, 11) is 0. The fraction of sp³-hybridized carbons (Fsp3) is 0.667. The minimum Gasteiger partial charge on any atom is -0.396 e. The van der Waals surface area contributed by atoms with Crippen molar-refractivity contribution in [2.45, 2.75) is 32.2 Å². The van der Waals surface area contributed by atoms with Gasteiger partial charge >= 0.3 is 0 Å². The Morgan fingerprint density at radius 1 is 1.41 bits per heavy atom. The number of aromatic nitrogens is 2. The van der Waals surface area contributed by atoms with Crippen molar-refractivity contribution in [3.8, 4) is 0 Å². The van der Waals surface area contributed by atoms with Crippen LogP contribution in [-0.2, 0) is 6.42 Å². The van der Waals surface area contributed by atoms with Gasteiger partial charge in [0.05, 0.1) is 0 Å². The molecule has 0 radical (unpaired) electrons. The topological polar surface area (TPSA) is 58.0 Å². The molecule has 1 aromatic heterocycles. The molecule has 0 aromatic carbocycles.